The zero-order valence-electron chi connectivity index (χ0n) is 19.6. The summed E-state index contributed by atoms with van der Waals surface area (Å²) in [5.74, 6) is 0.988. The molecule has 0 aliphatic carbocycles. The van der Waals surface area contributed by atoms with Crippen LogP contribution in [0.15, 0.2) is 46.0 Å². The summed E-state index contributed by atoms with van der Waals surface area (Å²) in [6.07, 6.45) is 1.78. The molecule has 1 fully saturated rings. The summed E-state index contributed by atoms with van der Waals surface area (Å²) in [4.78, 5) is 30.3. The van der Waals surface area contributed by atoms with Crippen LogP contribution in [0.1, 0.15) is 24.5 Å². The maximum atomic E-state index is 12.6. The van der Waals surface area contributed by atoms with Crippen LogP contribution in [0.5, 0.6) is 5.75 Å². The van der Waals surface area contributed by atoms with Gasteiger partial charge in [0.1, 0.15) is 36.1 Å². The third-order valence-electron chi connectivity index (χ3n) is 5.82. The number of halogens is 1. The first-order valence-electron chi connectivity index (χ1n) is 11.5. The Morgan fingerprint density at radius 1 is 1.34 bits per heavy atom. The van der Waals surface area contributed by atoms with Crippen LogP contribution in [0.4, 0.5) is 4.53 Å². The lowest BCUT2D eigenvalue weighted by Crippen LogP contribution is -2.43. The number of hydrogen-bond acceptors (Lipinski definition) is 8. The van der Waals surface area contributed by atoms with Crippen molar-refractivity contribution in [3.63, 3.8) is 0 Å². The number of fused-ring (bicyclic) bond motifs is 1. The van der Waals surface area contributed by atoms with Crippen molar-refractivity contribution < 1.29 is 33.3 Å². The second-order valence-corrected chi connectivity index (χ2v) is 8.40. The minimum Gasteiger partial charge on any atom is -0.493 e. The van der Waals surface area contributed by atoms with Crippen molar-refractivity contribution in [1.82, 2.24) is 5.32 Å². The second kappa shape index (κ2) is 12.0. The summed E-state index contributed by atoms with van der Waals surface area (Å²) in [6, 6.07) is 5.90. The molecule has 3 unspecified atom stereocenters. The van der Waals surface area contributed by atoms with Gasteiger partial charge in [0.05, 0.1) is 32.1 Å². The van der Waals surface area contributed by atoms with Crippen LogP contribution in [-0.2, 0) is 37.0 Å². The molecular formula is C24H29FN4O6. The van der Waals surface area contributed by atoms with Crippen molar-refractivity contribution >= 4 is 23.2 Å². The third kappa shape index (κ3) is 6.71. The summed E-state index contributed by atoms with van der Waals surface area (Å²) in [5.41, 5.74) is 3.05. The van der Waals surface area contributed by atoms with Crippen LogP contribution >= 0.6 is 0 Å². The molecule has 0 radical (unpaired) electrons. The van der Waals surface area contributed by atoms with E-state index in [4.69, 9.17) is 19.0 Å². The average Bonchev–Trinajstić information content (AvgIpc) is 3.54. The Morgan fingerprint density at radius 3 is 3.00 bits per heavy atom. The predicted molar refractivity (Wildman–Crippen MR) is 127 cm³/mol. The lowest BCUT2D eigenvalue weighted by molar-refractivity contribution is -0.219. The van der Waals surface area contributed by atoms with Crippen LogP contribution in [0, 0.1) is 0 Å². The highest BCUT2D eigenvalue weighted by atomic mass is 19.3. The average molecular weight is 489 g/mol. The van der Waals surface area contributed by atoms with Gasteiger partial charge in [0.2, 0.25) is 0 Å². The summed E-state index contributed by atoms with van der Waals surface area (Å²) < 4.78 is 28.6. The molecule has 0 bridgehead atoms. The van der Waals surface area contributed by atoms with Gasteiger partial charge in [-0.1, -0.05) is 23.9 Å². The van der Waals surface area contributed by atoms with E-state index in [1.165, 1.54) is 6.08 Å². The number of nitrogens with one attached hydrogen (secondary N) is 1. The summed E-state index contributed by atoms with van der Waals surface area (Å²) in [7, 11) is 0. The quantitative estimate of drug-likeness (QED) is 0.421. The molecule has 188 valence electrons. The van der Waals surface area contributed by atoms with E-state index in [2.05, 4.69) is 32.0 Å². The van der Waals surface area contributed by atoms with Gasteiger partial charge >= 0.3 is 0 Å². The molecule has 1 aromatic carbocycles. The Labute approximate surface area is 202 Å². The molecule has 0 aromatic heterocycles. The van der Waals surface area contributed by atoms with Crippen LogP contribution in [0.3, 0.4) is 0 Å². The topological polar surface area (TPSA) is 112 Å². The second-order valence-electron chi connectivity index (χ2n) is 8.40. The first-order chi connectivity index (χ1) is 17.1. The highest BCUT2D eigenvalue weighted by molar-refractivity contribution is 6.44. The highest BCUT2D eigenvalue weighted by Crippen LogP contribution is 2.25. The maximum absolute atomic E-state index is 12.6. The molecule has 1 saturated heterocycles. The Kier molecular flexibility index (Phi) is 8.56. The number of amides is 1. The predicted octanol–water partition coefficient (Wildman–Crippen LogP) is 2.11. The van der Waals surface area contributed by atoms with Crippen LogP contribution in [-0.4, -0.2) is 74.5 Å². The molecule has 4 rings (SSSR count). The lowest BCUT2D eigenvalue weighted by atomic mass is 10.1. The van der Waals surface area contributed by atoms with Crippen LogP contribution in [0.2, 0.25) is 0 Å². The van der Waals surface area contributed by atoms with E-state index in [-0.39, 0.29) is 50.2 Å². The minimum absolute atomic E-state index is 0.164. The van der Waals surface area contributed by atoms with Gasteiger partial charge in [0.25, 0.3) is 5.91 Å². The molecule has 3 aliphatic rings. The first kappa shape index (κ1) is 25.0. The number of carbonyl (C=O) groups is 1. The Bertz CT molecular complexity index is 1020. The van der Waals surface area contributed by atoms with Gasteiger partial charge < -0.3 is 24.4 Å². The van der Waals surface area contributed by atoms with Gasteiger partial charge in [-0.2, -0.15) is 4.94 Å². The SMILES string of the molecule is C=CC(=NC(C)=NCC1=NOC(C2COC(COF)CO2)C1)C(=O)NCc1ccc2c(c1)CCO2. The van der Waals surface area contributed by atoms with Gasteiger partial charge in [0, 0.05) is 19.4 Å². The monoisotopic (exact) mass is 488 g/mol. The van der Waals surface area contributed by atoms with Crippen molar-refractivity contribution in [3.8, 4) is 5.75 Å². The third-order valence-corrected chi connectivity index (χ3v) is 5.82. The van der Waals surface area contributed by atoms with E-state index in [1.807, 2.05) is 18.2 Å². The number of aliphatic imine (C=N–C) groups is 2. The molecule has 0 spiro atoms. The Morgan fingerprint density at radius 2 is 2.23 bits per heavy atom. The van der Waals surface area contributed by atoms with Crippen molar-refractivity contribution in [2.45, 2.75) is 44.6 Å². The Hall–Kier alpha value is -3.15. The van der Waals surface area contributed by atoms with Gasteiger partial charge in [-0.3, -0.25) is 9.79 Å². The number of oxime groups is 1. The molecule has 35 heavy (non-hydrogen) atoms. The zero-order chi connectivity index (χ0) is 24.6. The first-order valence-corrected chi connectivity index (χ1v) is 11.5. The standard InChI is InChI=1S/C24H29FN4O6/c1-3-20(24(30)27-10-16-4-5-21-17(8-16)6-7-31-21)28-15(2)26-11-18-9-22(35-29-18)23-14-32-19(12-33-23)13-34-25/h3-5,8,19,22-23H,1,6-7,9-14H2,2H3,(H,27,30). The van der Waals surface area contributed by atoms with Crippen molar-refractivity contribution in [2.24, 2.45) is 15.1 Å². The van der Waals surface area contributed by atoms with Crippen molar-refractivity contribution in [3.05, 3.63) is 42.0 Å². The van der Waals surface area contributed by atoms with E-state index in [0.29, 0.717) is 25.4 Å². The zero-order valence-corrected chi connectivity index (χ0v) is 19.6. The number of benzene rings is 1. The summed E-state index contributed by atoms with van der Waals surface area (Å²) in [5, 5.41) is 6.94. The van der Waals surface area contributed by atoms with Gasteiger partial charge in [-0.25, -0.2) is 4.99 Å². The summed E-state index contributed by atoms with van der Waals surface area (Å²) >= 11 is 0. The normalized spacial score (nSPS) is 24.3. The smallest absolute Gasteiger partial charge is 0.270 e. The van der Waals surface area contributed by atoms with E-state index in [9.17, 15) is 9.32 Å². The van der Waals surface area contributed by atoms with Crippen LogP contribution in [0.25, 0.3) is 0 Å². The van der Waals surface area contributed by atoms with Gasteiger partial charge in [-0.15, -0.1) is 0 Å². The number of rotatable bonds is 9. The maximum Gasteiger partial charge on any atom is 0.270 e. The number of carbonyl (C=O) groups excluding carboxylic acids is 1. The number of ether oxygens (including phenoxy) is 3. The largest absolute Gasteiger partial charge is 0.493 e. The minimum atomic E-state index is -0.428. The molecule has 3 heterocycles. The number of nitrogens with zero attached hydrogens (tertiary/aromatic N) is 3. The Balaban J connectivity index is 1.24. The van der Waals surface area contributed by atoms with Crippen molar-refractivity contribution in [2.75, 3.05) is 33.0 Å². The van der Waals surface area contributed by atoms with E-state index in [0.717, 1.165) is 29.0 Å². The summed E-state index contributed by atoms with van der Waals surface area (Å²) in [6.45, 7) is 7.07. The molecule has 3 atom stereocenters. The molecular weight excluding hydrogens is 459 g/mol. The van der Waals surface area contributed by atoms with Gasteiger partial charge in [-0.05, 0) is 34.7 Å². The molecule has 0 saturated carbocycles. The molecule has 3 aliphatic heterocycles. The highest BCUT2D eigenvalue weighted by Gasteiger charge is 2.34. The fourth-order valence-corrected chi connectivity index (χ4v) is 3.91. The van der Waals surface area contributed by atoms with Crippen LogP contribution < -0.4 is 10.1 Å². The van der Waals surface area contributed by atoms with E-state index < -0.39 is 6.10 Å². The molecule has 10 nitrogen and oxygen atoms in total. The number of hydrogen-bond donors (Lipinski definition) is 1. The fourth-order valence-electron chi connectivity index (χ4n) is 3.91. The molecule has 1 N–H and O–H groups in total. The van der Waals surface area contributed by atoms with E-state index >= 15 is 0 Å². The van der Waals surface area contributed by atoms with E-state index in [1.54, 1.807) is 6.92 Å². The molecule has 1 amide bonds. The van der Waals surface area contributed by atoms with Crippen molar-refractivity contribution in [1.29, 1.82) is 0 Å². The fraction of sp³-hybridized carbons (Fsp3) is 0.500. The van der Waals surface area contributed by atoms with Gasteiger partial charge in [0.15, 0.2) is 6.10 Å². The lowest BCUT2D eigenvalue weighted by Gasteiger charge is -2.30. The molecule has 11 heteroatoms. The number of amidine groups is 1. The molecule has 1 aromatic rings.